The molecule has 1 unspecified atom stereocenters. The molecule has 94 valence electrons. The summed E-state index contributed by atoms with van der Waals surface area (Å²) >= 11 is 5.60. The van der Waals surface area contributed by atoms with Crippen LogP contribution < -0.4 is 0 Å². The van der Waals surface area contributed by atoms with Crippen LogP contribution in [0.25, 0.3) is 0 Å². The van der Waals surface area contributed by atoms with Crippen molar-refractivity contribution in [2.45, 2.75) is 36.5 Å². The van der Waals surface area contributed by atoms with E-state index in [1.807, 2.05) is 0 Å². The average Bonchev–Trinajstić information content (AvgIpc) is 2.70. The molecule has 0 bridgehead atoms. The van der Waals surface area contributed by atoms with Crippen LogP contribution in [-0.2, 0) is 6.42 Å². The lowest BCUT2D eigenvalue weighted by Crippen LogP contribution is -2.37. The Morgan fingerprint density at radius 2 is 2.18 bits per heavy atom. The maximum atomic E-state index is 3.55. The normalized spacial score (nSPS) is 19.0. The predicted molar refractivity (Wildman–Crippen MR) is 80.3 cm³/mol. The van der Waals surface area contributed by atoms with Crippen LogP contribution in [0.2, 0.25) is 0 Å². The number of thioether (sulfide) groups is 1. The highest BCUT2D eigenvalue weighted by molar-refractivity contribution is 9.09. The lowest BCUT2D eigenvalue weighted by molar-refractivity contribution is 0.237. The van der Waals surface area contributed by atoms with Crippen molar-refractivity contribution in [3.8, 4) is 0 Å². The van der Waals surface area contributed by atoms with Crippen molar-refractivity contribution in [2.24, 2.45) is 0 Å². The van der Waals surface area contributed by atoms with Gasteiger partial charge in [0.2, 0.25) is 0 Å². The van der Waals surface area contributed by atoms with E-state index in [0.29, 0.717) is 6.04 Å². The van der Waals surface area contributed by atoms with Crippen LogP contribution in [0.5, 0.6) is 0 Å². The van der Waals surface area contributed by atoms with Gasteiger partial charge in [0.25, 0.3) is 0 Å². The second-order valence-electron chi connectivity index (χ2n) is 4.83. The van der Waals surface area contributed by atoms with E-state index in [0.717, 1.165) is 17.1 Å². The van der Waals surface area contributed by atoms with Crippen LogP contribution in [0.4, 0.5) is 0 Å². The third-order valence-corrected chi connectivity index (χ3v) is 4.91. The molecule has 3 heteroatoms. The van der Waals surface area contributed by atoms with Crippen molar-refractivity contribution in [1.82, 2.24) is 4.90 Å². The summed E-state index contributed by atoms with van der Waals surface area (Å²) in [5, 5.41) is 1.80. The van der Waals surface area contributed by atoms with Crippen LogP contribution in [0.15, 0.2) is 29.2 Å². The molecule has 0 radical (unpaired) electrons. The third-order valence-electron chi connectivity index (χ3n) is 3.25. The molecular formula is C14H20BrNS. The minimum Gasteiger partial charge on any atom is -0.299 e. The standard InChI is InChI=1S/C14H20BrNS/c1-11(2)16(8-7-15)10-13-9-12-5-3-4-6-14(12)17-13/h3-6,11,13H,7-10H2,1-2H3. The van der Waals surface area contributed by atoms with Gasteiger partial charge in [-0.05, 0) is 31.9 Å². The number of rotatable bonds is 5. The molecule has 0 aliphatic carbocycles. The van der Waals surface area contributed by atoms with E-state index in [1.54, 1.807) is 0 Å². The van der Waals surface area contributed by atoms with Crippen molar-refractivity contribution in [3.63, 3.8) is 0 Å². The first-order valence-corrected chi connectivity index (χ1v) is 8.25. The first-order valence-electron chi connectivity index (χ1n) is 6.25. The van der Waals surface area contributed by atoms with Crippen LogP contribution in [0, 0.1) is 0 Å². The van der Waals surface area contributed by atoms with Crippen LogP contribution in [-0.4, -0.2) is 34.6 Å². The summed E-state index contributed by atoms with van der Waals surface area (Å²) in [6.45, 7) is 6.92. The maximum absolute atomic E-state index is 3.55. The van der Waals surface area contributed by atoms with Crippen LogP contribution in [0.3, 0.4) is 0 Å². The second kappa shape index (κ2) is 6.26. The minimum atomic E-state index is 0.636. The molecular weight excluding hydrogens is 294 g/mol. The average molecular weight is 314 g/mol. The number of fused-ring (bicyclic) bond motifs is 1. The molecule has 1 heterocycles. The monoisotopic (exact) mass is 313 g/mol. The van der Waals surface area contributed by atoms with Crippen molar-refractivity contribution in [3.05, 3.63) is 29.8 Å². The van der Waals surface area contributed by atoms with Gasteiger partial charge in [0.05, 0.1) is 0 Å². The molecule has 1 aromatic rings. The number of hydrogen-bond acceptors (Lipinski definition) is 2. The molecule has 17 heavy (non-hydrogen) atoms. The summed E-state index contributed by atoms with van der Waals surface area (Å²) in [7, 11) is 0. The summed E-state index contributed by atoms with van der Waals surface area (Å²) < 4.78 is 0. The largest absolute Gasteiger partial charge is 0.299 e. The van der Waals surface area contributed by atoms with Crippen molar-refractivity contribution in [1.29, 1.82) is 0 Å². The molecule has 1 nitrogen and oxygen atoms in total. The summed E-state index contributed by atoms with van der Waals surface area (Å²) in [6, 6.07) is 9.46. The van der Waals surface area contributed by atoms with Gasteiger partial charge in [0, 0.05) is 34.6 Å². The lowest BCUT2D eigenvalue weighted by Gasteiger charge is -2.28. The van der Waals surface area contributed by atoms with Crippen LogP contribution in [0.1, 0.15) is 19.4 Å². The van der Waals surface area contributed by atoms with Gasteiger partial charge in [-0.25, -0.2) is 0 Å². The summed E-state index contributed by atoms with van der Waals surface area (Å²) in [5.41, 5.74) is 1.53. The fraction of sp³-hybridized carbons (Fsp3) is 0.571. The van der Waals surface area contributed by atoms with Gasteiger partial charge < -0.3 is 0 Å². The first-order chi connectivity index (χ1) is 8.20. The second-order valence-corrected chi connectivity index (χ2v) is 6.96. The number of alkyl halides is 1. The Morgan fingerprint density at radius 3 is 2.82 bits per heavy atom. The molecule has 1 aliphatic heterocycles. The molecule has 0 saturated carbocycles. The van der Waals surface area contributed by atoms with E-state index in [-0.39, 0.29) is 0 Å². The fourth-order valence-corrected chi connectivity index (χ4v) is 4.09. The zero-order valence-electron chi connectivity index (χ0n) is 10.5. The molecule has 1 aromatic carbocycles. The first kappa shape index (κ1) is 13.4. The molecule has 0 saturated heterocycles. The number of halogens is 1. The molecule has 0 spiro atoms. The van der Waals surface area contributed by atoms with E-state index < -0.39 is 0 Å². The van der Waals surface area contributed by atoms with E-state index in [9.17, 15) is 0 Å². The van der Waals surface area contributed by atoms with Gasteiger partial charge >= 0.3 is 0 Å². The number of hydrogen-bond donors (Lipinski definition) is 0. The Labute approximate surface area is 117 Å². The molecule has 0 fully saturated rings. The van der Waals surface area contributed by atoms with Crippen molar-refractivity contribution >= 4 is 27.7 Å². The van der Waals surface area contributed by atoms with E-state index in [1.165, 1.54) is 23.4 Å². The SMILES string of the molecule is CC(C)N(CCBr)CC1Cc2ccccc2S1. The van der Waals surface area contributed by atoms with E-state index in [2.05, 4.69) is 70.7 Å². The third kappa shape index (κ3) is 3.49. The zero-order valence-corrected chi connectivity index (χ0v) is 12.9. The molecule has 1 aliphatic rings. The van der Waals surface area contributed by atoms with Crippen molar-refractivity contribution < 1.29 is 0 Å². The Morgan fingerprint density at radius 1 is 1.41 bits per heavy atom. The maximum Gasteiger partial charge on any atom is 0.0263 e. The van der Waals surface area contributed by atoms with E-state index >= 15 is 0 Å². The number of benzene rings is 1. The Hall–Kier alpha value is 0.01000. The van der Waals surface area contributed by atoms with Gasteiger partial charge in [0.1, 0.15) is 0 Å². The summed E-state index contributed by atoms with van der Waals surface area (Å²) in [5.74, 6) is 0. The lowest BCUT2D eigenvalue weighted by atomic mass is 10.1. The smallest absolute Gasteiger partial charge is 0.0263 e. The Balaban J connectivity index is 1.94. The van der Waals surface area contributed by atoms with Crippen LogP contribution >= 0.6 is 27.7 Å². The highest BCUT2D eigenvalue weighted by Crippen LogP contribution is 2.37. The Kier molecular flexibility index (Phi) is 4.95. The quantitative estimate of drug-likeness (QED) is 0.760. The Bertz CT molecular complexity index is 342. The van der Waals surface area contributed by atoms with Gasteiger partial charge in [0.15, 0.2) is 0 Å². The number of nitrogens with zero attached hydrogens (tertiary/aromatic N) is 1. The van der Waals surface area contributed by atoms with Gasteiger partial charge in [-0.3, -0.25) is 4.90 Å². The van der Waals surface area contributed by atoms with Crippen molar-refractivity contribution in [2.75, 3.05) is 18.4 Å². The summed E-state index contributed by atoms with van der Waals surface area (Å²) in [6.07, 6.45) is 1.23. The van der Waals surface area contributed by atoms with Gasteiger partial charge in [-0.2, -0.15) is 0 Å². The molecule has 1 atom stereocenters. The topological polar surface area (TPSA) is 3.24 Å². The minimum absolute atomic E-state index is 0.636. The van der Waals surface area contributed by atoms with Gasteiger partial charge in [-0.1, -0.05) is 34.1 Å². The van der Waals surface area contributed by atoms with E-state index in [4.69, 9.17) is 0 Å². The zero-order chi connectivity index (χ0) is 12.3. The predicted octanol–water partition coefficient (Wildman–Crippen LogP) is 3.81. The van der Waals surface area contributed by atoms with Gasteiger partial charge in [-0.15, -0.1) is 11.8 Å². The molecule has 0 amide bonds. The molecule has 2 rings (SSSR count). The fourth-order valence-electron chi connectivity index (χ4n) is 2.29. The highest BCUT2D eigenvalue weighted by Gasteiger charge is 2.24. The molecule has 0 aromatic heterocycles. The summed E-state index contributed by atoms with van der Waals surface area (Å²) in [4.78, 5) is 4.05. The molecule has 0 N–H and O–H groups in total. The highest BCUT2D eigenvalue weighted by atomic mass is 79.9.